The molecule has 2 atom stereocenters. The van der Waals surface area contributed by atoms with Crippen molar-refractivity contribution in [1.29, 1.82) is 0 Å². The topological polar surface area (TPSA) is 60.9 Å². The highest BCUT2D eigenvalue weighted by Crippen LogP contribution is 2.15. The molecule has 1 rings (SSSR count). The Morgan fingerprint density at radius 3 is 2.50 bits per heavy atom. The molecular weight excluding hydrogens is 226 g/mol. The van der Waals surface area contributed by atoms with Crippen LogP contribution in [0.2, 0.25) is 0 Å². The van der Waals surface area contributed by atoms with Crippen LogP contribution in [0.4, 0.5) is 0 Å². The summed E-state index contributed by atoms with van der Waals surface area (Å²) in [6.07, 6.45) is 4.47. The zero-order chi connectivity index (χ0) is 13.7. The van der Waals surface area contributed by atoms with E-state index < -0.39 is 0 Å². The van der Waals surface area contributed by atoms with Crippen LogP contribution in [-0.2, 0) is 11.2 Å². The van der Waals surface area contributed by atoms with Crippen LogP contribution in [0.5, 0.6) is 0 Å². The molecule has 18 heavy (non-hydrogen) atoms. The van der Waals surface area contributed by atoms with Gasteiger partial charge in [-0.2, -0.15) is 5.10 Å². The van der Waals surface area contributed by atoms with Gasteiger partial charge in [-0.15, -0.1) is 0 Å². The first-order valence-electron chi connectivity index (χ1n) is 6.81. The third-order valence-electron chi connectivity index (χ3n) is 3.63. The second-order valence-electron chi connectivity index (χ2n) is 5.05. The van der Waals surface area contributed by atoms with Crippen molar-refractivity contribution in [2.24, 2.45) is 11.7 Å². The van der Waals surface area contributed by atoms with Gasteiger partial charge in [-0.05, 0) is 25.8 Å². The number of carbonyl (C=O) groups excluding carboxylic acids is 1. The van der Waals surface area contributed by atoms with E-state index in [1.807, 2.05) is 30.8 Å². The molecule has 4 heteroatoms. The first-order chi connectivity index (χ1) is 8.49. The predicted octanol–water partition coefficient (Wildman–Crippen LogP) is 2.34. The Balaban J connectivity index is 2.67. The second-order valence-corrected chi connectivity index (χ2v) is 5.05. The number of rotatable bonds is 7. The molecule has 2 N–H and O–H groups in total. The maximum atomic E-state index is 11.9. The van der Waals surface area contributed by atoms with Crippen LogP contribution in [0.1, 0.15) is 52.3 Å². The molecule has 102 valence electrons. The molecule has 0 amide bonds. The number of nitrogens with zero attached hydrogens (tertiary/aromatic N) is 2. The molecule has 0 saturated carbocycles. The maximum absolute atomic E-state index is 11.9. The summed E-state index contributed by atoms with van der Waals surface area (Å²) in [6, 6.07) is 2.27. The lowest BCUT2D eigenvalue weighted by molar-refractivity contribution is -0.122. The molecule has 0 aromatic carbocycles. The van der Waals surface area contributed by atoms with Gasteiger partial charge in [0, 0.05) is 18.2 Å². The summed E-state index contributed by atoms with van der Waals surface area (Å²) in [6.45, 7) is 8.05. The van der Waals surface area contributed by atoms with Crippen LogP contribution in [0.25, 0.3) is 0 Å². The average Bonchev–Trinajstić information content (AvgIpc) is 2.78. The zero-order valence-corrected chi connectivity index (χ0v) is 11.9. The highest BCUT2D eigenvalue weighted by atomic mass is 16.1. The van der Waals surface area contributed by atoms with Gasteiger partial charge in [0.15, 0.2) is 0 Å². The molecule has 0 bridgehead atoms. The standard InChI is InChI=1S/C14H25N3O/c1-5-13(6-2)17-8-7-12(16-17)9-14(18)10(3)11(4)15/h7-8,10-11,13H,5-6,9,15H2,1-4H3. The van der Waals surface area contributed by atoms with Crippen LogP contribution in [-0.4, -0.2) is 21.6 Å². The number of hydrogen-bond acceptors (Lipinski definition) is 3. The maximum Gasteiger partial charge on any atom is 0.143 e. The minimum absolute atomic E-state index is 0.0985. The van der Waals surface area contributed by atoms with Crippen LogP contribution in [0.15, 0.2) is 12.3 Å². The smallest absolute Gasteiger partial charge is 0.143 e. The summed E-state index contributed by atoms with van der Waals surface area (Å²) in [5.74, 6) is 0.0584. The summed E-state index contributed by atoms with van der Waals surface area (Å²) in [5, 5.41) is 4.49. The van der Waals surface area contributed by atoms with Crippen LogP contribution < -0.4 is 5.73 Å². The van der Waals surface area contributed by atoms with Crippen molar-refractivity contribution in [2.75, 3.05) is 0 Å². The second kappa shape index (κ2) is 6.69. The van der Waals surface area contributed by atoms with Crippen molar-refractivity contribution >= 4 is 5.78 Å². The van der Waals surface area contributed by atoms with Crippen LogP contribution >= 0.6 is 0 Å². The average molecular weight is 251 g/mol. The van der Waals surface area contributed by atoms with E-state index in [1.165, 1.54) is 0 Å². The van der Waals surface area contributed by atoms with Crippen LogP contribution in [0.3, 0.4) is 0 Å². The molecule has 1 heterocycles. The van der Waals surface area contributed by atoms with E-state index in [4.69, 9.17) is 5.73 Å². The fourth-order valence-corrected chi connectivity index (χ4v) is 1.97. The third kappa shape index (κ3) is 3.67. The number of ketones is 1. The Morgan fingerprint density at radius 1 is 1.39 bits per heavy atom. The zero-order valence-electron chi connectivity index (χ0n) is 11.9. The van der Waals surface area contributed by atoms with Crippen molar-refractivity contribution in [3.8, 4) is 0 Å². The van der Waals surface area contributed by atoms with E-state index in [2.05, 4.69) is 18.9 Å². The van der Waals surface area contributed by atoms with E-state index >= 15 is 0 Å². The molecular formula is C14H25N3O. The van der Waals surface area contributed by atoms with Gasteiger partial charge >= 0.3 is 0 Å². The number of Topliss-reactive ketones (excluding diaryl/α,β-unsaturated/α-hetero) is 1. The highest BCUT2D eigenvalue weighted by molar-refractivity contribution is 5.83. The molecule has 0 spiro atoms. The number of nitrogens with two attached hydrogens (primary N) is 1. The largest absolute Gasteiger partial charge is 0.327 e. The van der Waals surface area contributed by atoms with Gasteiger partial charge in [-0.1, -0.05) is 20.8 Å². The van der Waals surface area contributed by atoms with Gasteiger partial charge in [0.05, 0.1) is 18.2 Å². The summed E-state index contributed by atoms with van der Waals surface area (Å²) in [5.41, 5.74) is 6.59. The van der Waals surface area contributed by atoms with Gasteiger partial charge in [0.1, 0.15) is 5.78 Å². The van der Waals surface area contributed by atoms with Crippen molar-refractivity contribution < 1.29 is 4.79 Å². The molecule has 2 unspecified atom stereocenters. The Bertz CT molecular complexity index is 380. The van der Waals surface area contributed by atoms with Crippen molar-refractivity contribution in [3.63, 3.8) is 0 Å². The Morgan fingerprint density at radius 2 is 2.00 bits per heavy atom. The first-order valence-corrected chi connectivity index (χ1v) is 6.81. The molecule has 0 radical (unpaired) electrons. The Kier molecular flexibility index (Phi) is 5.54. The van der Waals surface area contributed by atoms with E-state index in [0.717, 1.165) is 18.5 Å². The van der Waals surface area contributed by atoms with Gasteiger partial charge in [0.2, 0.25) is 0 Å². The molecule has 1 aromatic heterocycles. The lowest BCUT2D eigenvalue weighted by Crippen LogP contribution is -2.31. The quantitative estimate of drug-likeness (QED) is 0.809. The van der Waals surface area contributed by atoms with Gasteiger partial charge in [-0.3, -0.25) is 9.48 Å². The van der Waals surface area contributed by atoms with E-state index in [-0.39, 0.29) is 17.7 Å². The molecule has 0 aliphatic heterocycles. The van der Waals surface area contributed by atoms with E-state index in [9.17, 15) is 4.79 Å². The number of hydrogen-bond donors (Lipinski definition) is 1. The highest BCUT2D eigenvalue weighted by Gasteiger charge is 2.18. The van der Waals surface area contributed by atoms with Crippen molar-refractivity contribution in [3.05, 3.63) is 18.0 Å². The molecule has 1 aromatic rings. The Labute approximate surface area is 110 Å². The normalized spacial score (nSPS) is 14.8. The van der Waals surface area contributed by atoms with Crippen molar-refractivity contribution in [2.45, 2.75) is 59.0 Å². The molecule has 0 fully saturated rings. The molecule has 0 aliphatic carbocycles. The summed E-state index contributed by atoms with van der Waals surface area (Å²) < 4.78 is 1.97. The van der Waals surface area contributed by atoms with E-state index in [0.29, 0.717) is 12.5 Å². The van der Waals surface area contributed by atoms with Gasteiger partial charge < -0.3 is 5.73 Å². The van der Waals surface area contributed by atoms with Gasteiger partial charge in [0.25, 0.3) is 0 Å². The number of aromatic nitrogens is 2. The number of carbonyl (C=O) groups is 1. The van der Waals surface area contributed by atoms with E-state index in [1.54, 1.807) is 0 Å². The summed E-state index contributed by atoms with van der Waals surface area (Å²) in [4.78, 5) is 11.9. The minimum atomic E-state index is -0.108. The fourth-order valence-electron chi connectivity index (χ4n) is 1.97. The first kappa shape index (κ1) is 14.9. The molecule has 4 nitrogen and oxygen atoms in total. The monoisotopic (exact) mass is 251 g/mol. The molecule has 0 saturated heterocycles. The van der Waals surface area contributed by atoms with Gasteiger partial charge in [-0.25, -0.2) is 0 Å². The van der Waals surface area contributed by atoms with Crippen molar-refractivity contribution in [1.82, 2.24) is 9.78 Å². The molecule has 0 aliphatic rings. The van der Waals surface area contributed by atoms with Crippen LogP contribution in [0, 0.1) is 5.92 Å². The fraction of sp³-hybridized carbons (Fsp3) is 0.714. The lowest BCUT2D eigenvalue weighted by Gasteiger charge is -2.14. The minimum Gasteiger partial charge on any atom is -0.327 e. The third-order valence-corrected chi connectivity index (χ3v) is 3.63. The summed E-state index contributed by atoms with van der Waals surface area (Å²) in [7, 11) is 0. The Hall–Kier alpha value is -1.16. The predicted molar refractivity (Wildman–Crippen MR) is 73.4 cm³/mol. The summed E-state index contributed by atoms with van der Waals surface area (Å²) >= 11 is 0. The lowest BCUT2D eigenvalue weighted by atomic mass is 9.96. The SMILES string of the molecule is CCC(CC)n1ccc(CC(=O)C(C)C(C)N)n1.